The smallest absolute Gasteiger partial charge is 0.227 e. The van der Waals surface area contributed by atoms with Crippen LogP contribution in [0.4, 0.5) is 17.1 Å². The molecule has 0 amide bonds. The molecule has 0 fully saturated rings. The lowest BCUT2D eigenvalue weighted by atomic mass is 10.0. The van der Waals surface area contributed by atoms with Crippen LogP contribution in [-0.2, 0) is 0 Å². The normalized spacial score (nSPS) is 11.2. The van der Waals surface area contributed by atoms with Gasteiger partial charge in [-0.25, -0.2) is 15.0 Å². The molecule has 0 aliphatic carbocycles. The summed E-state index contributed by atoms with van der Waals surface area (Å²) < 4.78 is 6.02. The molecule has 2 heterocycles. The van der Waals surface area contributed by atoms with Crippen molar-refractivity contribution in [3.8, 4) is 34.0 Å². The summed E-state index contributed by atoms with van der Waals surface area (Å²) in [7, 11) is 0. The third-order valence-electron chi connectivity index (χ3n) is 7.98. The molecular formula is C40H28N4O. The van der Waals surface area contributed by atoms with E-state index in [2.05, 4.69) is 114 Å². The average molecular weight is 581 g/mol. The highest BCUT2D eigenvalue weighted by molar-refractivity contribution is 5.87. The molecule has 0 radical (unpaired) electrons. The van der Waals surface area contributed by atoms with Crippen LogP contribution < -0.4 is 4.90 Å². The Balaban J connectivity index is 1.19. The summed E-state index contributed by atoms with van der Waals surface area (Å²) in [5, 5.41) is 0. The van der Waals surface area contributed by atoms with Gasteiger partial charge >= 0.3 is 0 Å². The van der Waals surface area contributed by atoms with Crippen molar-refractivity contribution in [1.82, 2.24) is 15.0 Å². The lowest BCUT2D eigenvalue weighted by Crippen LogP contribution is -2.09. The molecule has 0 unspecified atom stereocenters. The molecule has 0 aliphatic rings. The van der Waals surface area contributed by atoms with Gasteiger partial charge in [0, 0.05) is 33.8 Å². The van der Waals surface area contributed by atoms with Gasteiger partial charge in [-0.2, -0.15) is 0 Å². The molecule has 2 aromatic heterocycles. The molecule has 0 bridgehead atoms. The molecular weight excluding hydrogens is 552 g/mol. The SMILES string of the molecule is Cc1ccc(-c2nc3ccccc3nc2-c2ccc(N(c3ccccc3)c3ccc(-c4nc5ccccc5o4)cc3)cc2)cc1. The molecule has 45 heavy (non-hydrogen) atoms. The molecule has 8 rings (SSSR count). The first-order valence-corrected chi connectivity index (χ1v) is 15.0. The maximum absolute atomic E-state index is 6.02. The second-order valence-corrected chi connectivity index (χ2v) is 11.0. The summed E-state index contributed by atoms with van der Waals surface area (Å²) >= 11 is 0. The first kappa shape index (κ1) is 26.5. The number of benzene rings is 6. The van der Waals surface area contributed by atoms with Gasteiger partial charge in [0.15, 0.2) is 5.58 Å². The summed E-state index contributed by atoms with van der Waals surface area (Å²) in [6.45, 7) is 2.09. The number of rotatable bonds is 6. The summed E-state index contributed by atoms with van der Waals surface area (Å²) in [4.78, 5) is 17.1. The van der Waals surface area contributed by atoms with Gasteiger partial charge in [-0.05, 0) is 79.7 Å². The lowest BCUT2D eigenvalue weighted by molar-refractivity contribution is 0.620. The third-order valence-corrected chi connectivity index (χ3v) is 7.98. The van der Waals surface area contributed by atoms with Gasteiger partial charge in [0.1, 0.15) is 5.52 Å². The maximum atomic E-state index is 6.02. The fourth-order valence-electron chi connectivity index (χ4n) is 5.66. The van der Waals surface area contributed by atoms with Crippen molar-refractivity contribution in [2.45, 2.75) is 6.92 Å². The number of para-hydroxylation sites is 5. The summed E-state index contributed by atoms with van der Waals surface area (Å²) in [6.07, 6.45) is 0. The van der Waals surface area contributed by atoms with Crippen LogP contribution in [0.1, 0.15) is 5.56 Å². The van der Waals surface area contributed by atoms with E-state index in [0.717, 1.165) is 67.3 Å². The van der Waals surface area contributed by atoms with E-state index in [1.54, 1.807) is 0 Å². The quantitative estimate of drug-likeness (QED) is 0.196. The summed E-state index contributed by atoms with van der Waals surface area (Å²) in [5.41, 5.74) is 12.4. The Bertz CT molecular complexity index is 2220. The van der Waals surface area contributed by atoms with Crippen LogP contribution in [0.15, 0.2) is 156 Å². The number of oxazole rings is 1. The summed E-state index contributed by atoms with van der Waals surface area (Å²) in [6, 6.07) is 51.6. The zero-order valence-electron chi connectivity index (χ0n) is 24.6. The van der Waals surface area contributed by atoms with E-state index in [4.69, 9.17) is 14.4 Å². The standard InChI is InChI=1S/C40H28N4O/c1-27-15-17-28(18-16-27)38-39(42-35-12-6-5-11-34(35)41-38)29-19-23-32(24-20-29)44(31-9-3-2-4-10-31)33-25-21-30(22-26-33)40-43-36-13-7-8-14-37(36)45-40/h2-26H,1H3. The van der Waals surface area contributed by atoms with Crippen molar-refractivity contribution in [2.24, 2.45) is 0 Å². The predicted molar refractivity (Wildman–Crippen MR) is 183 cm³/mol. The van der Waals surface area contributed by atoms with Gasteiger partial charge in [0.2, 0.25) is 5.89 Å². The number of hydrogen-bond acceptors (Lipinski definition) is 5. The van der Waals surface area contributed by atoms with E-state index in [-0.39, 0.29) is 0 Å². The number of fused-ring (bicyclic) bond motifs is 2. The van der Waals surface area contributed by atoms with Crippen LogP contribution in [0.3, 0.4) is 0 Å². The van der Waals surface area contributed by atoms with Gasteiger partial charge in [-0.3, -0.25) is 0 Å². The second-order valence-electron chi connectivity index (χ2n) is 11.0. The van der Waals surface area contributed by atoms with Gasteiger partial charge in [0.05, 0.1) is 22.4 Å². The monoisotopic (exact) mass is 580 g/mol. The van der Waals surface area contributed by atoms with Crippen LogP contribution in [0.2, 0.25) is 0 Å². The topological polar surface area (TPSA) is 55.1 Å². The fraction of sp³-hybridized carbons (Fsp3) is 0.0250. The zero-order valence-corrected chi connectivity index (χ0v) is 24.6. The number of aryl methyl sites for hydroxylation is 1. The molecule has 214 valence electrons. The van der Waals surface area contributed by atoms with E-state index >= 15 is 0 Å². The van der Waals surface area contributed by atoms with Gasteiger partial charge in [0.25, 0.3) is 0 Å². The predicted octanol–water partition coefficient (Wildman–Crippen LogP) is 10.6. The van der Waals surface area contributed by atoms with E-state index in [1.165, 1.54) is 5.56 Å². The Hall–Kier alpha value is -6.07. The van der Waals surface area contributed by atoms with Crippen LogP contribution in [0.5, 0.6) is 0 Å². The Labute approximate surface area is 261 Å². The van der Waals surface area contributed by atoms with Crippen molar-refractivity contribution in [2.75, 3.05) is 4.90 Å². The molecule has 0 aliphatic heterocycles. The number of hydrogen-bond donors (Lipinski definition) is 0. The Morgan fingerprint density at radius 3 is 1.47 bits per heavy atom. The van der Waals surface area contributed by atoms with Crippen LogP contribution in [-0.4, -0.2) is 15.0 Å². The Morgan fingerprint density at radius 2 is 0.889 bits per heavy atom. The molecule has 0 spiro atoms. The molecule has 0 atom stereocenters. The van der Waals surface area contributed by atoms with E-state index in [1.807, 2.05) is 54.6 Å². The zero-order chi connectivity index (χ0) is 30.2. The highest BCUT2D eigenvalue weighted by Crippen LogP contribution is 2.38. The van der Waals surface area contributed by atoms with Gasteiger partial charge in [-0.1, -0.05) is 84.4 Å². The second kappa shape index (κ2) is 11.2. The minimum atomic E-state index is 0.610. The Morgan fingerprint density at radius 1 is 0.422 bits per heavy atom. The van der Waals surface area contributed by atoms with Crippen molar-refractivity contribution in [3.05, 3.63) is 157 Å². The molecule has 0 saturated carbocycles. The highest BCUT2D eigenvalue weighted by atomic mass is 16.3. The molecule has 8 aromatic rings. The lowest BCUT2D eigenvalue weighted by Gasteiger charge is -2.25. The van der Waals surface area contributed by atoms with Gasteiger partial charge < -0.3 is 9.32 Å². The van der Waals surface area contributed by atoms with Crippen LogP contribution in [0.25, 0.3) is 56.1 Å². The number of nitrogens with zero attached hydrogens (tertiary/aromatic N) is 4. The number of aromatic nitrogens is 3. The molecule has 6 aromatic carbocycles. The van der Waals surface area contributed by atoms with Crippen LogP contribution in [0, 0.1) is 6.92 Å². The van der Waals surface area contributed by atoms with E-state index < -0.39 is 0 Å². The third kappa shape index (κ3) is 5.11. The summed E-state index contributed by atoms with van der Waals surface area (Å²) in [5.74, 6) is 0.610. The van der Waals surface area contributed by atoms with E-state index in [9.17, 15) is 0 Å². The highest BCUT2D eigenvalue weighted by Gasteiger charge is 2.17. The first-order chi connectivity index (χ1) is 22.2. The first-order valence-electron chi connectivity index (χ1n) is 15.0. The minimum absolute atomic E-state index is 0.610. The Kier molecular flexibility index (Phi) is 6.61. The maximum Gasteiger partial charge on any atom is 0.227 e. The van der Waals surface area contributed by atoms with E-state index in [0.29, 0.717) is 5.89 Å². The van der Waals surface area contributed by atoms with Crippen molar-refractivity contribution in [3.63, 3.8) is 0 Å². The molecule has 5 heteroatoms. The molecule has 0 N–H and O–H groups in total. The van der Waals surface area contributed by atoms with Crippen molar-refractivity contribution in [1.29, 1.82) is 0 Å². The molecule has 5 nitrogen and oxygen atoms in total. The van der Waals surface area contributed by atoms with Crippen molar-refractivity contribution >= 4 is 39.2 Å². The average Bonchev–Trinajstić information content (AvgIpc) is 3.54. The fourth-order valence-corrected chi connectivity index (χ4v) is 5.66. The van der Waals surface area contributed by atoms with Crippen molar-refractivity contribution < 1.29 is 4.42 Å². The van der Waals surface area contributed by atoms with Gasteiger partial charge in [-0.15, -0.1) is 0 Å². The molecule has 0 saturated heterocycles. The van der Waals surface area contributed by atoms with Crippen LogP contribution >= 0.6 is 0 Å². The number of anilines is 3. The largest absolute Gasteiger partial charge is 0.436 e. The minimum Gasteiger partial charge on any atom is -0.436 e.